The molecule has 144 valence electrons. The molecule has 0 radical (unpaired) electrons. The maximum atomic E-state index is 11.1. The van der Waals surface area contributed by atoms with Gasteiger partial charge in [0.25, 0.3) is 0 Å². The van der Waals surface area contributed by atoms with E-state index in [9.17, 15) is 4.79 Å². The van der Waals surface area contributed by atoms with Crippen LogP contribution in [-0.4, -0.2) is 54.2 Å². The Morgan fingerprint density at radius 2 is 1.73 bits per heavy atom. The highest BCUT2D eigenvalue weighted by Gasteiger charge is 2.26. The van der Waals surface area contributed by atoms with Gasteiger partial charge in [0.05, 0.1) is 5.92 Å². The molecule has 2 fully saturated rings. The molecule has 0 atom stereocenters. The number of carboxylic acids is 1. The van der Waals surface area contributed by atoms with Crippen LogP contribution >= 0.6 is 0 Å². The summed E-state index contributed by atoms with van der Waals surface area (Å²) in [6.07, 6.45) is 3.44. The van der Waals surface area contributed by atoms with Crippen molar-refractivity contribution in [2.24, 2.45) is 5.92 Å². The molecular weight excluding hydrogens is 326 g/mol. The number of anilines is 2. The van der Waals surface area contributed by atoms with Crippen molar-refractivity contribution in [3.05, 3.63) is 23.8 Å². The van der Waals surface area contributed by atoms with Crippen LogP contribution in [0.4, 0.5) is 11.4 Å². The van der Waals surface area contributed by atoms with E-state index < -0.39 is 5.97 Å². The van der Waals surface area contributed by atoms with Crippen molar-refractivity contribution in [2.75, 3.05) is 36.4 Å². The molecule has 0 bridgehead atoms. The molecule has 1 aliphatic heterocycles. The molecule has 1 saturated heterocycles. The van der Waals surface area contributed by atoms with Crippen LogP contribution in [0.25, 0.3) is 0 Å². The van der Waals surface area contributed by atoms with Gasteiger partial charge in [-0.25, -0.2) is 0 Å². The predicted molar refractivity (Wildman–Crippen MR) is 107 cm³/mol. The van der Waals surface area contributed by atoms with Gasteiger partial charge in [-0.1, -0.05) is 0 Å². The Labute approximate surface area is 157 Å². The maximum Gasteiger partial charge on any atom is 0.306 e. The zero-order valence-corrected chi connectivity index (χ0v) is 16.4. The quantitative estimate of drug-likeness (QED) is 0.842. The van der Waals surface area contributed by atoms with Gasteiger partial charge in [0.15, 0.2) is 0 Å². The summed E-state index contributed by atoms with van der Waals surface area (Å²) < 4.78 is 0. The first kappa shape index (κ1) is 19.0. The van der Waals surface area contributed by atoms with Gasteiger partial charge in [-0.3, -0.25) is 9.69 Å². The zero-order chi connectivity index (χ0) is 18.7. The third-order valence-corrected chi connectivity index (χ3v) is 5.92. The number of benzene rings is 1. The average molecular weight is 360 g/mol. The molecule has 1 aliphatic carbocycles. The summed E-state index contributed by atoms with van der Waals surface area (Å²) in [7, 11) is 0. The molecule has 2 aliphatic rings. The number of aliphatic carboxylic acids is 1. The lowest BCUT2D eigenvalue weighted by molar-refractivity contribution is -0.142. The average Bonchev–Trinajstić information content (AvgIpc) is 2.61. The molecule has 26 heavy (non-hydrogen) atoms. The number of aryl methyl sites for hydroxylation is 1. The van der Waals surface area contributed by atoms with Crippen molar-refractivity contribution in [3.63, 3.8) is 0 Å². The van der Waals surface area contributed by atoms with E-state index in [2.05, 4.69) is 54.1 Å². The van der Waals surface area contributed by atoms with Gasteiger partial charge >= 0.3 is 5.97 Å². The largest absolute Gasteiger partial charge is 0.481 e. The number of carbonyl (C=O) groups is 1. The van der Waals surface area contributed by atoms with Crippen LogP contribution in [0.3, 0.4) is 0 Å². The van der Waals surface area contributed by atoms with Gasteiger partial charge in [0, 0.05) is 49.6 Å². The van der Waals surface area contributed by atoms with Crippen molar-refractivity contribution in [1.82, 2.24) is 4.90 Å². The van der Waals surface area contributed by atoms with Crippen molar-refractivity contribution in [2.45, 2.75) is 58.5 Å². The van der Waals surface area contributed by atoms with Crippen LogP contribution in [-0.2, 0) is 4.79 Å². The second-order valence-corrected chi connectivity index (χ2v) is 8.21. The van der Waals surface area contributed by atoms with Gasteiger partial charge in [-0.15, -0.1) is 0 Å². The highest BCUT2D eigenvalue weighted by atomic mass is 16.4. The first-order valence-corrected chi connectivity index (χ1v) is 10.0. The molecule has 5 nitrogen and oxygen atoms in total. The Morgan fingerprint density at radius 1 is 1.08 bits per heavy atom. The van der Waals surface area contributed by atoms with Crippen molar-refractivity contribution >= 4 is 17.3 Å². The zero-order valence-electron chi connectivity index (χ0n) is 16.4. The van der Waals surface area contributed by atoms with Gasteiger partial charge in [0.2, 0.25) is 0 Å². The normalized spacial score (nSPS) is 24.7. The van der Waals surface area contributed by atoms with Gasteiger partial charge < -0.3 is 15.3 Å². The lowest BCUT2D eigenvalue weighted by atomic mass is 9.86. The van der Waals surface area contributed by atoms with E-state index >= 15 is 0 Å². The fourth-order valence-electron chi connectivity index (χ4n) is 4.25. The summed E-state index contributed by atoms with van der Waals surface area (Å²) in [4.78, 5) is 16.1. The molecule has 1 aromatic carbocycles. The van der Waals surface area contributed by atoms with E-state index in [1.54, 1.807) is 0 Å². The molecule has 5 heteroatoms. The Bertz CT molecular complexity index is 616. The van der Waals surface area contributed by atoms with Gasteiger partial charge in [-0.05, 0) is 70.2 Å². The minimum atomic E-state index is -0.637. The van der Waals surface area contributed by atoms with Crippen LogP contribution in [0.2, 0.25) is 0 Å². The molecule has 2 N–H and O–H groups in total. The summed E-state index contributed by atoms with van der Waals surface area (Å²) in [5.74, 6) is -0.791. The molecule has 0 amide bonds. The van der Waals surface area contributed by atoms with E-state index in [0.717, 1.165) is 51.9 Å². The SMILES string of the molecule is Cc1cc(NC2CCC(C(=O)O)CC2)cc(N2CCN(C(C)C)CC2)c1. The van der Waals surface area contributed by atoms with Crippen molar-refractivity contribution < 1.29 is 9.90 Å². The third-order valence-electron chi connectivity index (χ3n) is 5.92. The molecule has 0 aromatic heterocycles. The molecule has 0 spiro atoms. The Hall–Kier alpha value is -1.75. The Balaban J connectivity index is 1.61. The predicted octanol–water partition coefficient (Wildman–Crippen LogP) is 3.58. The molecule has 1 saturated carbocycles. The monoisotopic (exact) mass is 359 g/mol. The molecule has 1 heterocycles. The van der Waals surface area contributed by atoms with Crippen LogP contribution in [0.5, 0.6) is 0 Å². The maximum absolute atomic E-state index is 11.1. The Kier molecular flexibility index (Phi) is 6.07. The second-order valence-electron chi connectivity index (χ2n) is 8.21. The van der Waals surface area contributed by atoms with Crippen LogP contribution in [0, 0.1) is 12.8 Å². The van der Waals surface area contributed by atoms with Gasteiger partial charge in [-0.2, -0.15) is 0 Å². The fraction of sp³-hybridized carbons (Fsp3) is 0.667. The number of hydrogen-bond donors (Lipinski definition) is 2. The van der Waals surface area contributed by atoms with E-state index in [-0.39, 0.29) is 5.92 Å². The highest BCUT2D eigenvalue weighted by Crippen LogP contribution is 2.29. The lowest BCUT2D eigenvalue weighted by Crippen LogP contribution is -2.48. The summed E-state index contributed by atoms with van der Waals surface area (Å²) >= 11 is 0. The standard InChI is InChI=1S/C21H33N3O2/c1-15(2)23-8-10-24(11-9-23)20-13-16(3)12-19(14-20)22-18-6-4-17(5-7-18)21(25)26/h12-15,17-18,22H,4-11H2,1-3H3,(H,25,26). The number of hydrogen-bond acceptors (Lipinski definition) is 4. The fourth-order valence-corrected chi connectivity index (χ4v) is 4.25. The van der Waals surface area contributed by atoms with E-state index in [1.165, 1.54) is 16.9 Å². The molecule has 0 unspecified atom stereocenters. The van der Waals surface area contributed by atoms with Crippen LogP contribution < -0.4 is 10.2 Å². The number of nitrogens with one attached hydrogen (secondary N) is 1. The molecule has 3 rings (SSSR count). The first-order valence-electron chi connectivity index (χ1n) is 10.0. The summed E-state index contributed by atoms with van der Waals surface area (Å²) in [5.41, 5.74) is 3.75. The van der Waals surface area contributed by atoms with Crippen LogP contribution in [0.15, 0.2) is 18.2 Å². The first-order chi connectivity index (χ1) is 12.4. The van der Waals surface area contributed by atoms with Crippen molar-refractivity contribution in [1.29, 1.82) is 0 Å². The van der Waals surface area contributed by atoms with Crippen LogP contribution in [0.1, 0.15) is 45.1 Å². The minimum Gasteiger partial charge on any atom is -0.481 e. The third kappa shape index (κ3) is 4.70. The number of rotatable bonds is 5. The second kappa shape index (κ2) is 8.30. The minimum absolute atomic E-state index is 0.154. The number of piperazine rings is 1. The number of nitrogens with zero attached hydrogens (tertiary/aromatic N) is 2. The summed E-state index contributed by atoms with van der Waals surface area (Å²) in [5, 5.41) is 12.8. The van der Waals surface area contributed by atoms with E-state index in [1.807, 2.05) is 0 Å². The highest BCUT2D eigenvalue weighted by molar-refractivity contribution is 5.70. The lowest BCUT2D eigenvalue weighted by Gasteiger charge is -2.38. The molecule has 1 aromatic rings. The smallest absolute Gasteiger partial charge is 0.306 e. The van der Waals surface area contributed by atoms with E-state index in [4.69, 9.17) is 5.11 Å². The van der Waals surface area contributed by atoms with E-state index in [0.29, 0.717) is 12.1 Å². The summed E-state index contributed by atoms with van der Waals surface area (Å²) in [6.45, 7) is 11.1. The van der Waals surface area contributed by atoms with Crippen molar-refractivity contribution in [3.8, 4) is 0 Å². The Morgan fingerprint density at radius 3 is 2.31 bits per heavy atom. The molecular formula is C21H33N3O2. The topological polar surface area (TPSA) is 55.8 Å². The summed E-state index contributed by atoms with van der Waals surface area (Å²) in [6, 6.07) is 7.75. The van der Waals surface area contributed by atoms with Gasteiger partial charge in [0.1, 0.15) is 0 Å². The number of carboxylic acid groups (broad SMARTS) is 1.